The van der Waals surface area contributed by atoms with Crippen LogP contribution in [0, 0.1) is 0 Å². The third-order valence-corrected chi connectivity index (χ3v) is 13.1. The number of hydrogen-bond acceptors (Lipinski definition) is 2. The zero-order valence-corrected chi connectivity index (χ0v) is 30.7. The molecule has 0 bridgehead atoms. The highest BCUT2D eigenvalue weighted by Gasteiger charge is 2.38. The molecule has 0 saturated heterocycles. The van der Waals surface area contributed by atoms with Crippen molar-refractivity contribution in [1.82, 2.24) is 4.57 Å². The van der Waals surface area contributed by atoms with Crippen LogP contribution in [0.25, 0.3) is 103 Å². The first kappa shape index (κ1) is 30.1. The minimum Gasteiger partial charge on any atom is -0.456 e. The van der Waals surface area contributed by atoms with E-state index in [9.17, 15) is 0 Å². The summed E-state index contributed by atoms with van der Waals surface area (Å²) in [5.74, 6) is 0. The fourth-order valence-corrected chi connectivity index (χ4v) is 10.5. The Morgan fingerprint density at radius 2 is 1.13 bits per heavy atom. The maximum atomic E-state index is 6.34. The van der Waals surface area contributed by atoms with Crippen LogP contribution >= 0.6 is 11.3 Å². The van der Waals surface area contributed by atoms with Crippen LogP contribution < -0.4 is 0 Å². The number of benzene rings is 8. The lowest BCUT2D eigenvalue weighted by Crippen LogP contribution is -2.15. The molecule has 0 fully saturated rings. The van der Waals surface area contributed by atoms with E-state index in [0.29, 0.717) is 0 Å². The molecule has 0 unspecified atom stereocenters. The smallest absolute Gasteiger partial charge is 0.135 e. The second-order valence-corrected chi connectivity index (χ2v) is 16.4. The molecule has 1 aliphatic rings. The largest absolute Gasteiger partial charge is 0.456 e. The number of para-hydroxylation sites is 2. The molecule has 1 aliphatic carbocycles. The van der Waals surface area contributed by atoms with Crippen molar-refractivity contribution in [2.24, 2.45) is 0 Å². The molecule has 3 heterocycles. The highest BCUT2D eigenvalue weighted by atomic mass is 32.1. The molecule has 0 aliphatic heterocycles. The van der Waals surface area contributed by atoms with Crippen LogP contribution in [0.1, 0.15) is 25.0 Å². The summed E-state index contributed by atoms with van der Waals surface area (Å²) in [6, 6.07) is 60.4. The lowest BCUT2D eigenvalue weighted by Gasteiger charge is -2.23. The Bertz CT molecular complexity index is 3360. The summed E-state index contributed by atoms with van der Waals surface area (Å²) in [4.78, 5) is 0. The first-order valence-electron chi connectivity index (χ1n) is 18.7. The van der Waals surface area contributed by atoms with E-state index in [2.05, 4.69) is 182 Å². The molecular formula is C51H33NOS. The standard InChI is InChI=1S/C51H33NOS/c1-51(2)42-28-32(16-20-35(42)38-22-24-46-49(50(38)51)39-13-6-8-14-45(39)53-46)33-17-21-36-40-26-30(18-23-43(40)52(44(36)29-33)34-10-4-3-5-11-34)31-19-25-48-41(27-31)37-12-7-9-15-47(37)54-48/h3-29H,1-2H3. The van der Waals surface area contributed by atoms with Crippen LogP contribution in [0.5, 0.6) is 0 Å². The van der Waals surface area contributed by atoms with Crippen LogP contribution in [0.3, 0.4) is 0 Å². The minimum absolute atomic E-state index is 0.190. The fraction of sp³-hybridized carbons (Fsp3) is 0.0588. The molecule has 0 radical (unpaired) electrons. The predicted molar refractivity (Wildman–Crippen MR) is 229 cm³/mol. The van der Waals surface area contributed by atoms with Crippen molar-refractivity contribution < 1.29 is 4.42 Å². The molecular weight excluding hydrogens is 675 g/mol. The summed E-state index contributed by atoms with van der Waals surface area (Å²) in [5.41, 5.74) is 15.5. The van der Waals surface area contributed by atoms with E-state index in [0.717, 1.165) is 16.9 Å². The van der Waals surface area contributed by atoms with Gasteiger partial charge in [-0.25, -0.2) is 0 Å². The second kappa shape index (κ2) is 10.8. The van der Waals surface area contributed by atoms with Crippen LogP contribution in [-0.2, 0) is 5.41 Å². The van der Waals surface area contributed by atoms with Gasteiger partial charge < -0.3 is 8.98 Å². The van der Waals surface area contributed by atoms with Gasteiger partial charge in [-0.15, -0.1) is 11.3 Å². The molecule has 54 heavy (non-hydrogen) atoms. The predicted octanol–water partition coefficient (Wildman–Crippen LogP) is 14.7. The van der Waals surface area contributed by atoms with E-state index in [4.69, 9.17) is 4.42 Å². The highest BCUT2D eigenvalue weighted by Crippen LogP contribution is 2.54. The summed E-state index contributed by atoms with van der Waals surface area (Å²) in [7, 11) is 0. The van der Waals surface area contributed by atoms with Gasteiger partial charge in [0, 0.05) is 52.8 Å². The van der Waals surface area contributed by atoms with Crippen molar-refractivity contribution in [2.75, 3.05) is 0 Å². The van der Waals surface area contributed by atoms with Gasteiger partial charge in [0.15, 0.2) is 0 Å². The molecule has 2 nitrogen and oxygen atoms in total. The summed E-state index contributed by atoms with van der Waals surface area (Å²) in [6.45, 7) is 4.74. The Morgan fingerprint density at radius 1 is 0.463 bits per heavy atom. The molecule has 11 aromatic rings. The highest BCUT2D eigenvalue weighted by molar-refractivity contribution is 7.25. The Balaban J connectivity index is 1.02. The van der Waals surface area contributed by atoms with Gasteiger partial charge in [0.1, 0.15) is 11.2 Å². The van der Waals surface area contributed by atoms with E-state index in [1.165, 1.54) is 97.3 Å². The van der Waals surface area contributed by atoms with E-state index in [1.54, 1.807) is 0 Å². The van der Waals surface area contributed by atoms with Crippen molar-refractivity contribution in [3.63, 3.8) is 0 Å². The van der Waals surface area contributed by atoms with Crippen LogP contribution in [0.15, 0.2) is 168 Å². The van der Waals surface area contributed by atoms with Gasteiger partial charge in [-0.3, -0.25) is 0 Å². The molecule has 0 N–H and O–H groups in total. The number of furan rings is 1. The van der Waals surface area contributed by atoms with Crippen LogP contribution in [-0.4, -0.2) is 4.57 Å². The third-order valence-electron chi connectivity index (χ3n) is 12.0. The average Bonchev–Trinajstić information content (AvgIpc) is 3.94. The number of rotatable bonds is 3. The van der Waals surface area contributed by atoms with Gasteiger partial charge >= 0.3 is 0 Å². The first-order valence-corrected chi connectivity index (χ1v) is 19.5. The Labute approximate surface area is 316 Å². The topological polar surface area (TPSA) is 18.1 Å². The number of nitrogens with zero attached hydrogens (tertiary/aromatic N) is 1. The van der Waals surface area contributed by atoms with Crippen molar-refractivity contribution in [1.29, 1.82) is 0 Å². The molecule has 0 amide bonds. The molecule has 8 aromatic carbocycles. The van der Waals surface area contributed by atoms with Crippen molar-refractivity contribution in [3.8, 4) is 39.1 Å². The molecule has 3 aromatic heterocycles. The van der Waals surface area contributed by atoms with Crippen LogP contribution in [0.4, 0.5) is 0 Å². The van der Waals surface area contributed by atoms with E-state index >= 15 is 0 Å². The van der Waals surface area contributed by atoms with E-state index in [-0.39, 0.29) is 5.41 Å². The van der Waals surface area contributed by atoms with E-state index < -0.39 is 0 Å². The number of thiophene rings is 1. The molecule has 254 valence electrons. The monoisotopic (exact) mass is 707 g/mol. The van der Waals surface area contributed by atoms with E-state index in [1.807, 2.05) is 11.3 Å². The summed E-state index contributed by atoms with van der Waals surface area (Å²) >= 11 is 1.87. The Morgan fingerprint density at radius 3 is 2.02 bits per heavy atom. The lowest BCUT2D eigenvalue weighted by atomic mass is 9.80. The molecule has 3 heteroatoms. The van der Waals surface area contributed by atoms with Gasteiger partial charge in [0.2, 0.25) is 0 Å². The Hall–Kier alpha value is -6.42. The third kappa shape index (κ3) is 4.10. The van der Waals surface area contributed by atoms with Crippen LogP contribution in [0.2, 0.25) is 0 Å². The minimum atomic E-state index is -0.190. The maximum absolute atomic E-state index is 6.34. The lowest BCUT2D eigenvalue weighted by molar-refractivity contribution is 0.657. The zero-order valence-electron chi connectivity index (χ0n) is 29.9. The fourth-order valence-electron chi connectivity index (χ4n) is 9.44. The van der Waals surface area contributed by atoms with Crippen molar-refractivity contribution in [3.05, 3.63) is 175 Å². The van der Waals surface area contributed by atoms with Gasteiger partial charge in [-0.2, -0.15) is 0 Å². The average molecular weight is 708 g/mol. The molecule has 0 atom stereocenters. The van der Waals surface area contributed by atoms with Gasteiger partial charge in [0.25, 0.3) is 0 Å². The van der Waals surface area contributed by atoms with Crippen molar-refractivity contribution in [2.45, 2.75) is 19.3 Å². The number of aromatic nitrogens is 1. The molecule has 12 rings (SSSR count). The molecule has 0 saturated carbocycles. The summed E-state index contributed by atoms with van der Waals surface area (Å²) < 4.78 is 11.4. The first-order chi connectivity index (χ1) is 26.5. The zero-order chi connectivity index (χ0) is 35.7. The number of fused-ring (bicyclic) bond motifs is 13. The summed E-state index contributed by atoms with van der Waals surface area (Å²) in [6.07, 6.45) is 0. The van der Waals surface area contributed by atoms with Gasteiger partial charge in [-0.1, -0.05) is 111 Å². The van der Waals surface area contributed by atoms with Gasteiger partial charge in [-0.05, 0) is 111 Å². The molecule has 0 spiro atoms. The number of hydrogen-bond donors (Lipinski definition) is 0. The maximum Gasteiger partial charge on any atom is 0.135 e. The SMILES string of the molecule is CC1(C)c2cc(-c3ccc4c5cc(-c6ccc7sc8ccccc8c7c6)ccc5n(-c5ccccc5)c4c3)ccc2-c2ccc3oc4ccccc4c3c21. The normalized spacial score (nSPS) is 13.5. The van der Waals surface area contributed by atoms with Gasteiger partial charge in [0.05, 0.1) is 11.0 Å². The second-order valence-electron chi connectivity index (χ2n) is 15.3. The Kier molecular flexibility index (Phi) is 6.03. The quantitative estimate of drug-likeness (QED) is 0.179. The van der Waals surface area contributed by atoms with Crippen molar-refractivity contribution >= 4 is 75.3 Å². The summed E-state index contributed by atoms with van der Waals surface area (Å²) in [5, 5.41) is 7.60.